The molecule has 0 saturated carbocycles. The van der Waals surface area contributed by atoms with Gasteiger partial charge in [-0.15, -0.1) is 30.7 Å². The number of hydrogen-bond donors (Lipinski definition) is 2. The van der Waals surface area contributed by atoms with Crippen molar-refractivity contribution in [1.29, 1.82) is 0 Å². The minimum absolute atomic E-state index is 0.154. The molecule has 0 spiro atoms. The molecule has 0 unspecified atom stereocenters. The quantitative estimate of drug-likeness (QED) is 0.147. The predicted molar refractivity (Wildman–Crippen MR) is 296 cm³/mol. The van der Waals surface area contributed by atoms with Crippen molar-refractivity contribution in [3.8, 4) is 11.5 Å². The van der Waals surface area contributed by atoms with Crippen LogP contribution in [0, 0.1) is 69.2 Å². The Morgan fingerprint density at radius 2 is 0.694 bits per heavy atom. The molecule has 10 nitrogen and oxygen atoms in total. The third-order valence-corrected chi connectivity index (χ3v) is 13.3. The van der Waals surface area contributed by atoms with Crippen LogP contribution in [0.1, 0.15) is 55.6 Å². The monoisotopic (exact) mass is 944 g/mol. The van der Waals surface area contributed by atoms with Crippen molar-refractivity contribution in [2.45, 2.75) is 69.2 Å². The summed E-state index contributed by atoms with van der Waals surface area (Å²) in [5.74, 6) is 0.311. The first-order valence-electron chi connectivity index (χ1n) is 23.9. The molecule has 0 aliphatic carbocycles. The topological polar surface area (TPSA) is 139 Å². The zero-order valence-corrected chi connectivity index (χ0v) is 42.3. The van der Waals surface area contributed by atoms with E-state index in [2.05, 4.69) is 98.1 Å². The number of benzene rings is 10. The molecule has 10 aromatic rings. The SMILES string of the molecule is Cc1ccc(N=Nc2ccc(N=Nc3c(C)cc4cc(C)c(C)cc4c3O)c3cc(C)ccc23)cc1.Cc1ccc(N=Nc2ccc(N=Nc3ccc4c(C)cc(C)c(C)c4c3O)c3cc(C)ccc23)cc1. The van der Waals surface area contributed by atoms with Gasteiger partial charge < -0.3 is 10.2 Å². The summed E-state index contributed by atoms with van der Waals surface area (Å²) >= 11 is 0. The molecule has 0 heterocycles. The minimum Gasteiger partial charge on any atom is -0.505 e. The standard InChI is InChI=1S/2C31H28N4O/c1-18-6-9-24(10-7-18)32-33-28-12-13-29(27-14-19(2)8-11-25(27)28)34-35-30-22(5)16-23-15-20(3)21(4)17-26(23)31(30)36;1-18-6-9-23(10-7-18)32-33-27-14-15-28(26-16-19(2)8-11-25(26)27)34-35-29-13-12-24-21(4)17-20(3)22(5)30(24)31(29)36/h2*6-17,36H,1-5H3. The van der Waals surface area contributed by atoms with Gasteiger partial charge in [0.15, 0.2) is 11.5 Å². The van der Waals surface area contributed by atoms with Crippen LogP contribution in [-0.2, 0) is 0 Å². The number of hydrogen-bond acceptors (Lipinski definition) is 10. The van der Waals surface area contributed by atoms with Crippen LogP contribution in [0.4, 0.5) is 45.5 Å². The van der Waals surface area contributed by atoms with Gasteiger partial charge in [0.2, 0.25) is 0 Å². The average molecular weight is 945 g/mol. The van der Waals surface area contributed by atoms with E-state index in [1.54, 1.807) is 0 Å². The van der Waals surface area contributed by atoms with E-state index < -0.39 is 0 Å². The number of azo groups is 4. The predicted octanol–water partition coefficient (Wildman–Crippen LogP) is 20.1. The van der Waals surface area contributed by atoms with Crippen molar-refractivity contribution in [2.75, 3.05) is 0 Å². The van der Waals surface area contributed by atoms with Crippen LogP contribution >= 0.6 is 0 Å². The molecule has 0 bridgehead atoms. The lowest BCUT2D eigenvalue weighted by atomic mass is 9.95. The second kappa shape index (κ2) is 20.3. The van der Waals surface area contributed by atoms with E-state index in [9.17, 15) is 10.2 Å². The highest BCUT2D eigenvalue weighted by molar-refractivity contribution is 6.02. The molecule has 10 heteroatoms. The largest absolute Gasteiger partial charge is 0.505 e. The molecule has 10 aromatic carbocycles. The smallest absolute Gasteiger partial charge is 0.151 e. The zero-order valence-electron chi connectivity index (χ0n) is 42.3. The van der Waals surface area contributed by atoms with Gasteiger partial charge in [0.25, 0.3) is 0 Å². The summed E-state index contributed by atoms with van der Waals surface area (Å²) in [6.45, 7) is 20.4. The fourth-order valence-electron chi connectivity index (χ4n) is 8.85. The number of fused-ring (bicyclic) bond motifs is 4. The molecule has 2 N–H and O–H groups in total. The van der Waals surface area contributed by atoms with E-state index >= 15 is 0 Å². The van der Waals surface area contributed by atoms with E-state index in [1.807, 2.05) is 158 Å². The first-order valence-corrected chi connectivity index (χ1v) is 23.9. The maximum Gasteiger partial charge on any atom is 0.151 e. The highest BCUT2D eigenvalue weighted by Crippen LogP contribution is 2.43. The molecular weight excluding hydrogens is 889 g/mol. The summed E-state index contributed by atoms with van der Waals surface area (Å²) in [6.07, 6.45) is 0. The summed E-state index contributed by atoms with van der Waals surface area (Å²) < 4.78 is 0. The average Bonchev–Trinajstić information content (AvgIpc) is 3.36. The molecule has 0 amide bonds. The third kappa shape index (κ3) is 10.1. The molecule has 72 heavy (non-hydrogen) atoms. The van der Waals surface area contributed by atoms with E-state index in [-0.39, 0.29) is 11.5 Å². The van der Waals surface area contributed by atoms with E-state index in [1.165, 1.54) is 16.7 Å². The van der Waals surface area contributed by atoms with Crippen molar-refractivity contribution in [3.63, 3.8) is 0 Å². The number of rotatable bonds is 8. The Hall–Kier alpha value is -8.76. The lowest BCUT2D eigenvalue weighted by Gasteiger charge is -2.12. The van der Waals surface area contributed by atoms with E-state index in [4.69, 9.17) is 0 Å². The molecule has 0 aliphatic heterocycles. The fraction of sp³-hybridized carbons (Fsp3) is 0.161. The molecular formula is C62H56N8O2. The fourth-order valence-corrected chi connectivity index (χ4v) is 8.85. The van der Waals surface area contributed by atoms with Gasteiger partial charge in [0.1, 0.15) is 11.4 Å². The van der Waals surface area contributed by atoms with E-state index in [0.29, 0.717) is 22.7 Å². The Kier molecular flexibility index (Phi) is 13.6. The number of aromatic hydroxyl groups is 2. The summed E-state index contributed by atoms with van der Waals surface area (Å²) in [6, 6.07) is 47.9. The van der Waals surface area contributed by atoms with Crippen molar-refractivity contribution >= 4 is 88.6 Å². The van der Waals surface area contributed by atoms with Crippen LogP contribution in [0.15, 0.2) is 187 Å². The van der Waals surface area contributed by atoms with Gasteiger partial charge in [0, 0.05) is 32.3 Å². The van der Waals surface area contributed by atoms with Crippen molar-refractivity contribution in [3.05, 3.63) is 201 Å². The van der Waals surface area contributed by atoms with Crippen molar-refractivity contribution < 1.29 is 10.2 Å². The Labute approximate surface area is 419 Å². The van der Waals surface area contributed by atoms with Gasteiger partial charge in [-0.2, -0.15) is 10.2 Å². The summed E-state index contributed by atoms with van der Waals surface area (Å²) in [4.78, 5) is 0. The maximum absolute atomic E-state index is 11.1. The van der Waals surface area contributed by atoms with Crippen LogP contribution in [0.2, 0.25) is 0 Å². The lowest BCUT2D eigenvalue weighted by molar-refractivity contribution is 0.482. The normalized spacial score (nSPS) is 11.9. The zero-order chi connectivity index (χ0) is 50.8. The van der Waals surface area contributed by atoms with Crippen molar-refractivity contribution in [2.24, 2.45) is 40.9 Å². The van der Waals surface area contributed by atoms with Crippen LogP contribution in [0.5, 0.6) is 11.5 Å². The highest BCUT2D eigenvalue weighted by Gasteiger charge is 2.15. The first-order chi connectivity index (χ1) is 34.6. The van der Waals surface area contributed by atoms with Crippen LogP contribution < -0.4 is 0 Å². The second-order valence-corrected chi connectivity index (χ2v) is 18.8. The molecule has 0 radical (unpaired) electrons. The molecule has 0 aromatic heterocycles. The van der Waals surface area contributed by atoms with Gasteiger partial charge in [0.05, 0.1) is 34.1 Å². The summed E-state index contributed by atoms with van der Waals surface area (Å²) in [5.41, 5.74) is 16.6. The van der Waals surface area contributed by atoms with Gasteiger partial charge >= 0.3 is 0 Å². The Bertz CT molecular complexity index is 3870. The summed E-state index contributed by atoms with van der Waals surface area (Å²) in [7, 11) is 0. The molecule has 10 rings (SSSR count). The highest BCUT2D eigenvalue weighted by atomic mass is 16.3. The molecule has 0 saturated heterocycles. The maximum atomic E-state index is 11.1. The van der Waals surface area contributed by atoms with Gasteiger partial charge in [-0.3, -0.25) is 0 Å². The number of phenols is 2. The number of phenolic OH excluding ortho intramolecular Hbond substituents is 2. The Morgan fingerprint density at radius 3 is 1.24 bits per heavy atom. The Morgan fingerprint density at radius 1 is 0.278 bits per heavy atom. The molecule has 0 aliphatic rings. The van der Waals surface area contributed by atoms with Crippen molar-refractivity contribution in [1.82, 2.24) is 0 Å². The van der Waals surface area contributed by atoms with Crippen LogP contribution in [0.25, 0.3) is 43.1 Å². The first kappa shape index (κ1) is 48.3. The van der Waals surface area contributed by atoms with Gasteiger partial charge in [-0.1, -0.05) is 89.0 Å². The number of nitrogens with zero attached hydrogens (tertiary/aromatic N) is 8. The van der Waals surface area contributed by atoms with E-state index in [0.717, 1.165) is 105 Å². The second-order valence-electron chi connectivity index (χ2n) is 18.8. The summed E-state index contributed by atoms with van der Waals surface area (Å²) in [5, 5.41) is 65.5. The third-order valence-electron chi connectivity index (χ3n) is 13.3. The number of aryl methyl sites for hydroxylation is 10. The van der Waals surface area contributed by atoms with Gasteiger partial charge in [-0.05, 0) is 192 Å². The minimum atomic E-state index is 0.154. The molecule has 356 valence electrons. The van der Waals surface area contributed by atoms with Crippen LogP contribution in [-0.4, -0.2) is 10.2 Å². The molecule has 0 fully saturated rings. The molecule has 0 atom stereocenters. The van der Waals surface area contributed by atoms with Crippen LogP contribution in [0.3, 0.4) is 0 Å². The van der Waals surface area contributed by atoms with Gasteiger partial charge in [-0.25, -0.2) is 0 Å². The lowest BCUT2D eigenvalue weighted by Crippen LogP contribution is -1.88. The Balaban J connectivity index is 0.000000178.